The number of hydrogen-bond donors (Lipinski definition) is 0. The molecule has 0 N–H and O–H groups in total. The van der Waals surface area contributed by atoms with Gasteiger partial charge in [0.05, 0.1) is 23.8 Å². The van der Waals surface area contributed by atoms with Crippen LogP contribution in [-0.4, -0.2) is 13.1 Å². The summed E-state index contributed by atoms with van der Waals surface area (Å²) in [6.45, 7) is 1.83. The van der Waals surface area contributed by atoms with E-state index in [1.807, 2.05) is 6.92 Å². The van der Waals surface area contributed by atoms with Gasteiger partial charge in [-0.05, 0) is 71.5 Å². The third kappa shape index (κ3) is 4.10. The molecule has 0 radical (unpaired) electrons. The van der Waals surface area contributed by atoms with E-state index in [1.54, 1.807) is 6.08 Å². The number of methoxy groups -OCH3 is 1. The number of fused-ring (bicyclic) bond motifs is 1. The van der Waals surface area contributed by atoms with Gasteiger partial charge in [-0.1, -0.05) is 29.8 Å². The molecule has 0 saturated heterocycles. The minimum Gasteiger partial charge on any atom is -0.465 e. The van der Waals surface area contributed by atoms with Gasteiger partial charge in [0.25, 0.3) is 0 Å². The highest BCUT2D eigenvalue weighted by atomic mass is 19.4. The van der Waals surface area contributed by atoms with Crippen molar-refractivity contribution in [1.29, 1.82) is 0 Å². The van der Waals surface area contributed by atoms with Crippen molar-refractivity contribution < 1.29 is 35.9 Å². The van der Waals surface area contributed by atoms with Crippen LogP contribution in [0.4, 0.5) is 26.3 Å². The highest BCUT2D eigenvalue weighted by molar-refractivity contribution is 6.05. The van der Waals surface area contributed by atoms with Crippen molar-refractivity contribution >= 4 is 11.5 Å². The summed E-state index contributed by atoms with van der Waals surface area (Å²) < 4.78 is 82.9. The van der Waals surface area contributed by atoms with Gasteiger partial charge in [0.1, 0.15) is 0 Å². The summed E-state index contributed by atoms with van der Waals surface area (Å²) in [6.07, 6.45) is -6.91. The molecule has 0 aromatic heterocycles. The normalized spacial score (nSPS) is 18.5. The number of ether oxygens (including phenoxy) is 1. The predicted octanol–water partition coefficient (Wildman–Crippen LogP) is 7.09. The molecule has 2 nitrogen and oxygen atoms in total. The molecule has 0 fully saturated rings. The second-order valence-electron chi connectivity index (χ2n) is 7.98. The molecule has 2 aromatic rings. The van der Waals surface area contributed by atoms with Crippen LogP contribution in [0.3, 0.4) is 0 Å². The largest absolute Gasteiger partial charge is 0.465 e. The fourth-order valence-corrected chi connectivity index (χ4v) is 4.44. The van der Waals surface area contributed by atoms with Crippen LogP contribution in [0, 0.1) is 0 Å². The second-order valence-corrected chi connectivity index (χ2v) is 7.98. The Bertz CT molecular complexity index is 1190. The van der Waals surface area contributed by atoms with Gasteiger partial charge in [0, 0.05) is 5.92 Å². The standard InChI is InChI=1S/C25H18F6O2/c1-13-11-18(14-3-7-16(8-4-14)24(26,27)28)22-19(12-20(21(13)22)23(32)33-2)15-5-9-17(10-6-15)25(29,30)31/h3-10,12,18H,11H2,1-2H3. The summed E-state index contributed by atoms with van der Waals surface area (Å²) in [5.41, 5.74) is 2.56. The van der Waals surface area contributed by atoms with Crippen LogP contribution in [-0.2, 0) is 21.9 Å². The van der Waals surface area contributed by atoms with Gasteiger partial charge in [-0.3, -0.25) is 0 Å². The Hall–Kier alpha value is -3.29. The molecule has 0 spiro atoms. The molecule has 2 aromatic carbocycles. The number of carbonyl (C=O) groups excluding carboxylic acids is 1. The molecule has 8 heteroatoms. The number of allylic oxidation sites excluding steroid dienone is 4. The van der Waals surface area contributed by atoms with Crippen LogP contribution in [0.15, 0.2) is 76.9 Å². The Morgan fingerprint density at radius 2 is 1.39 bits per heavy atom. The molecule has 1 atom stereocenters. The van der Waals surface area contributed by atoms with Gasteiger partial charge in [-0.25, -0.2) is 4.79 Å². The van der Waals surface area contributed by atoms with Crippen molar-refractivity contribution in [2.24, 2.45) is 0 Å². The van der Waals surface area contributed by atoms with Crippen LogP contribution in [0.25, 0.3) is 5.57 Å². The number of halogens is 6. The Labute approximate surface area is 185 Å². The first-order valence-electron chi connectivity index (χ1n) is 10.0. The highest BCUT2D eigenvalue weighted by Crippen LogP contribution is 2.53. The first-order chi connectivity index (χ1) is 15.4. The second kappa shape index (κ2) is 7.93. The Balaban J connectivity index is 1.83. The molecule has 0 amide bonds. The highest BCUT2D eigenvalue weighted by Gasteiger charge is 2.39. The zero-order valence-electron chi connectivity index (χ0n) is 17.6. The Morgan fingerprint density at radius 1 is 0.879 bits per heavy atom. The van der Waals surface area contributed by atoms with Crippen LogP contribution < -0.4 is 0 Å². The zero-order valence-corrected chi connectivity index (χ0v) is 17.6. The third-order valence-electron chi connectivity index (χ3n) is 5.97. The van der Waals surface area contributed by atoms with Crippen LogP contribution >= 0.6 is 0 Å². The summed E-state index contributed by atoms with van der Waals surface area (Å²) in [5.74, 6) is -0.935. The maximum absolute atomic E-state index is 13.0. The van der Waals surface area contributed by atoms with E-state index >= 15 is 0 Å². The number of alkyl halides is 6. The van der Waals surface area contributed by atoms with Crippen molar-refractivity contribution in [3.05, 3.63) is 99.2 Å². The van der Waals surface area contributed by atoms with Crippen molar-refractivity contribution in [2.75, 3.05) is 7.11 Å². The van der Waals surface area contributed by atoms with E-state index in [4.69, 9.17) is 4.74 Å². The topological polar surface area (TPSA) is 26.3 Å². The minimum atomic E-state index is -4.49. The maximum Gasteiger partial charge on any atom is 0.416 e. The smallest absolute Gasteiger partial charge is 0.416 e. The van der Waals surface area contributed by atoms with Crippen LogP contribution in [0.1, 0.15) is 41.5 Å². The minimum absolute atomic E-state index is 0.286. The van der Waals surface area contributed by atoms with Gasteiger partial charge in [0.2, 0.25) is 0 Å². The lowest BCUT2D eigenvalue weighted by molar-refractivity contribution is -0.138. The van der Waals surface area contributed by atoms with Crippen LogP contribution in [0.2, 0.25) is 0 Å². The van der Waals surface area contributed by atoms with E-state index in [0.29, 0.717) is 34.3 Å². The van der Waals surface area contributed by atoms with E-state index in [9.17, 15) is 31.1 Å². The number of carbonyl (C=O) groups is 1. The average Bonchev–Trinajstić information content (AvgIpc) is 3.31. The van der Waals surface area contributed by atoms with Gasteiger partial charge in [-0.2, -0.15) is 26.3 Å². The summed E-state index contributed by atoms with van der Waals surface area (Å²) >= 11 is 0. The zero-order chi connectivity index (χ0) is 24.1. The van der Waals surface area contributed by atoms with E-state index in [0.717, 1.165) is 29.8 Å². The molecule has 0 bridgehead atoms. The van der Waals surface area contributed by atoms with E-state index in [-0.39, 0.29) is 11.5 Å². The van der Waals surface area contributed by atoms with E-state index < -0.39 is 29.4 Å². The van der Waals surface area contributed by atoms with E-state index in [2.05, 4.69) is 0 Å². The molecule has 172 valence electrons. The number of rotatable bonds is 3. The number of hydrogen-bond acceptors (Lipinski definition) is 2. The summed E-state index contributed by atoms with van der Waals surface area (Å²) in [7, 11) is 1.23. The van der Waals surface area contributed by atoms with Gasteiger partial charge in [0.15, 0.2) is 0 Å². The van der Waals surface area contributed by atoms with Crippen molar-refractivity contribution in [2.45, 2.75) is 31.6 Å². The first kappa shape index (κ1) is 22.9. The molecule has 33 heavy (non-hydrogen) atoms. The van der Waals surface area contributed by atoms with Crippen molar-refractivity contribution in [3.63, 3.8) is 0 Å². The molecule has 0 aliphatic heterocycles. The monoisotopic (exact) mass is 464 g/mol. The van der Waals surface area contributed by atoms with E-state index in [1.165, 1.54) is 31.4 Å². The fourth-order valence-electron chi connectivity index (χ4n) is 4.44. The molecule has 0 heterocycles. The molecule has 2 aliphatic rings. The third-order valence-corrected chi connectivity index (χ3v) is 5.97. The first-order valence-corrected chi connectivity index (χ1v) is 10.0. The van der Waals surface area contributed by atoms with Crippen LogP contribution in [0.5, 0.6) is 0 Å². The lowest BCUT2D eigenvalue weighted by Gasteiger charge is -2.17. The number of esters is 1. The number of benzene rings is 2. The summed E-state index contributed by atoms with van der Waals surface area (Å²) in [4.78, 5) is 12.4. The lowest BCUT2D eigenvalue weighted by atomic mass is 9.87. The average molecular weight is 464 g/mol. The Morgan fingerprint density at radius 3 is 1.88 bits per heavy atom. The fraction of sp³-hybridized carbons (Fsp3) is 0.240. The van der Waals surface area contributed by atoms with Gasteiger partial charge < -0.3 is 4.74 Å². The van der Waals surface area contributed by atoms with Gasteiger partial charge >= 0.3 is 18.3 Å². The molecule has 2 aliphatic carbocycles. The SMILES string of the molecule is COC(=O)C1=CC(c2ccc(C(F)(F)F)cc2)=C2C1=C(C)CC2c1ccc(C(F)(F)F)cc1. The van der Waals surface area contributed by atoms with Crippen molar-refractivity contribution in [1.82, 2.24) is 0 Å². The quantitative estimate of drug-likeness (QED) is 0.358. The lowest BCUT2D eigenvalue weighted by Crippen LogP contribution is -2.07. The van der Waals surface area contributed by atoms with Crippen molar-refractivity contribution in [3.8, 4) is 0 Å². The van der Waals surface area contributed by atoms with Gasteiger partial charge in [-0.15, -0.1) is 0 Å². The Kier molecular flexibility index (Phi) is 5.50. The molecule has 4 rings (SSSR count). The summed E-state index contributed by atoms with van der Waals surface area (Å²) in [6, 6.07) is 9.40. The molecule has 1 unspecified atom stereocenters. The molecular formula is C25H18F6O2. The predicted molar refractivity (Wildman–Crippen MR) is 110 cm³/mol. The summed E-state index contributed by atoms with van der Waals surface area (Å²) in [5, 5.41) is 0. The molecule has 0 saturated carbocycles. The maximum atomic E-state index is 13.0. The molecular weight excluding hydrogens is 446 g/mol.